The number of hydrogen-bond acceptors (Lipinski definition) is 7. The Morgan fingerprint density at radius 2 is 0.610 bits per heavy atom. The minimum Gasteiger partial charge on any atom is -0.459 e. The zero-order valence-electron chi connectivity index (χ0n) is 46.3. The van der Waals surface area contributed by atoms with E-state index in [4.69, 9.17) is 18.9 Å². The van der Waals surface area contributed by atoms with Crippen molar-refractivity contribution in [3.8, 4) is 46.0 Å². The number of aryl methyl sites for hydroxylation is 6. The van der Waals surface area contributed by atoms with Crippen LogP contribution in [-0.4, -0.2) is 20.1 Å². The lowest BCUT2D eigenvalue weighted by Crippen LogP contribution is -2.66. The molecule has 6 aliphatic rings. The molecule has 0 aliphatic carbocycles. The number of anilines is 9. The van der Waals surface area contributed by atoms with Crippen LogP contribution in [0, 0.1) is 41.5 Å². The average Bonchev–Trinajstić information content (AvgIpc) is 2.50. The van der Waals surface area contributed by atoms with E-state index in [1.807, 2.05) is 0 Å². The van der Waals surface area contributed by atoms with Gasteiger partial charge in [-0.3, -0.25) is 0 Å². The third-order valence-corrected chi connectivity index (χ3v) is 17.8. The summed E-state index contributed by atoms with van der Waals surface area (Å²) in [6.07, 6.45) is 0. The van der Waals surface area contributed by atoms with Gasteiger partial charge < -0.3 is 33.6 Å². The van der Waals surface area contributed by atoms with E-state index in [1.54, 1.807) is 0 Å². The zero-order chi connectivity index (χ0) is 54.8. The first kappa shape index (κ1) is 47.1. The molecule has 0 bridgehead atoms. The molecule has 10 heteroatoms. The highest BCUT2D eigenvalue weighted by atomic mass is 16.5. The molecule has 7 nitrogen and oxygen atoms in total. The van der Waals surface area contributed by atoms with Gasteiger partial charge in [0.1, 0.15) is 46.0 Å². The Bertz CT molecular complexity index is 4290. The van der Waals surface area contributed by atoms with Gasteiger partial charge >= 0.3 is 0 Å². The van der Waals surface area contributed by atoms with E-state index in [1.165, 1.54) is 22.3 Å². The molecule has 0 atom stereocenters. The number of para-hydroxylation sites is 6. The summed E-state index contributed by atoms with van der Waals surface area (Å²) in [7, 11) is 0. The molecule has 0 unspecified atom stereocenters. The van der Waals surface area contributed by atoms with Crippen molar-refractivity contribution in [1.29, 1.82) is 0 Å². The van der Waals surface area contributed by atoms with Gasteiger partial charge in [0.15, 0.2) is 0 Å². The molecule has 17 rings (SSSR count). The summed E-state index contributed by atoms with van der Waals surface area (Å²) in [5, 5.41) is 0. The molecular weight excluding hydrogens is 1000 g/mol. The maximum absolute atomic E-state index is 7.66. The Morgan fingerprint density at radius 1 is 0.280 bits per heavy atom. The average molecular weight is 1060 g/mol. The van der Waals surface area contributed by atoms with Gasteiger partial charge in [0.25, 0.3) is 20.1 Å². The van der Waals surface area contributed by atoms with Crippen LogP contribution >= 0.6 is 0 Å². The third-order valence-electron chi connectivity index (χ3n) is 17.8. The number of fused-ring (bicyclic) bond motifs is 14. The van der Waals surface area contributed by atoms with Crippen LogP contribution in [0.25, 0.3) is 0 Å². The Hall–Kier alpha value is -9.79. The smallest absolute Gasteiger partial charge is 0.261 e. The molecular formula is C72H52B3N3O4. The van der Waals surface area contributed by atoms with Gasteiger partial charge in [0, 0.05) is 68.6 Å². The monoisotopic (exact) mass is 1060 g/mol. The second-order valence-corrected chi connectivity index (χ2v) is 23.1. The van der Waals surface area contributed by atoms with Gasteiger partial charge in [0.2, 0.25) is 0 Å². The highest BCUT2D eigenvalue weighted by Gasteiger charge is 2.54. The van der Waals surface area contributed by atoms with Crippen LogP contribution in [0.5, 0.6) is 46.0 Å². The van der Waals surface area contributed by atoms with Crippen LogP contribution in [-0.2, 0) is 0 Å². The van der Waals surface area contributed by atoms with Crippen LogP contribution in [0.1, 0.15) is 33.4 Å². The first-order chi connectivity index (χ1) is 40.1. The Labute approximate surface area is 478 Å². The predicted molar refractivity (Wildman–Crippen MR) is 339 cm³/mol. The molecule has 11 aromatic rings. The summed E-state index contributed by atoms with van der Waals surface area (Å²) in [5.74, 6) is 6.50. The maximum atomic E-state index is 7.66. The molecule has 0 aromatic heterocycles. The van der Waals surface area contributed by atoms with E-state index in [9.17, 15) is 0 Å². The predicted octanol–water partition coefficient (Wildman–Crippen LogP) is 12.5. The molecule has 0 N–H and O–H groups in total. The largest absolute Gasteiger partial charge is 0.459 e. The number of benzene rings is 11. The van der Waals surface area contributed by atoms with Crippen LogP contribution in [0.4, 0.5) is 51.2 Å². The Balaban J connectivity index is 1.06. The van der Waals surface area contributed by atoms with Crippen LogP contribution in [0.15, 0.2) is 206 Å². The zero-order valence-corrected chi connectivity index (χ0v) is 46.3. The lowest BCUT2D eigenvalue weighted by atomic mass is 9.28. The van der Waals surface area contributed by atoms with Crippen LogP contribution in [0.3, 0.4) is 0 Å². The quantitative estimate of drug-likeness (QED) is 0.159. The van der Waals surface area contributed by atoms with Crippen molar-refractivity contribution < 1.29 is 18.9 Å². The van der Waals surface area contributed by atoms with E-state index in [0.717, 1.165) is 157 Å². The third kappa shape index (κ3) is 6.69. The molecule has 82 heavy (non-hydrogen) atoms. The van der Waals surface area contributed by atoms with Crippen molar-refractivity contribution in [2.24, 2.45) is 0 Å². The van der Waals surface area contributed by atoms with Gasteiger partial charge in [0.05, 0.1) is 5.69 Å². The van der Waals surface area contributed by atoms with E-state index >= 15 is 0 Å². The van der Waals surface area contributed by atoms with Gasteiger partial charge in [-0.2, -0.15) is 0 Å². The maximum Gasteiger partial charge on any atom is 0.261 e. The van der Waals surface area contributed by atoms with Crippen LogP contribution < -0.4 is 82.8 Å². The van der Waals surface area contributed by atoms with Crippen molar-refractivity contribution in [2.75, 3.05) is 14.7 Å². The molecule has 6 heterocycles. The molecule has 0 fully saturated rings. The number of hydrogen-bond donors (Lipinski definition) is 0. The molecule has 0 saturated heterocycles. The van der Waals surface area contributed by atoms with E-state index in [-0.39, 0.29) is 13.4 Å². The highest BCUT2D eigenvalue weighted by Crippen LogP contribution is 2.53. The normalized spacial score (nSPS) is 13.8. The fourth-order valence-corrected chi connectivity index (χ4v) is 14.7. The summed E-state index contributed by atoms with van der Waals surface area (Å²) in [5.41, 5.74) is 26.0. The molecule has 0 spiro atoms. The van der Waals surface area contributed by atoms with Gasteiger partial charge in [-0.25, -0.2) is 0 Å². The first-order valence-electron chi connectivity index (χ1n) is 28.5. The Kier molecular flexibility index (Phi) is 9.96. The molecule has 11 aromatic carbocycles. The molecule has 6 aliphatic heterocycles. The van der Waals surface area contributed by atoms with Crippen molar-refractivity contribution in [3.05, 3.63) is 240 Å². The summed E-state index contributed by atoms with van der Waals surface area (Å²) in [4.78, 5) is 7.48. The van der Waals surface area contributed by atoms with Crippen molar-refractivity contribution in [2.45, 2.75) is 41.5 Å². The minimum atomic E-state index is -0.452. The van der Waals surface area contributed by atoms with E-state index < -0.39 is 6.71 Å². The summed E-state index contributed by atoms with van der Waals surface area (Å²) < 4.78 is 29.8. The van der Waals surface area contributed by atoms with E-state index in [0.29, 0.717) is 0 Å². The fraction of sp³-hybridized carbons (Fsp3) is 0.0833. The molecule has 388 valence electrons. The van der Waals surface area contributed by atoms with Crippen molar-refractivity contribution in [1.82, 2.24) is 0 Å². The fourth-order valence-electron chi connectivity index (χ4n) is 14.7. The van der Waals surface area contributed by atoms with Crippen molar-refractivity contribution in [3.63, 3.8) is 0 Å². The SMILES string of the molecule is Cc1cc(C)cc(N(c2cc(C)cc(C)c2)c2cc3c4c(c2)N(c2ccccc2C)c2cc5c6c(c2B4c2c(cc4c7c2Oc2ccccc2B7c2ccccc2O4)N3c2ccccc2C)Oc2ccccc2B6c2ccccc2O5)c1. The second kappa shape index (κ2) is 17.4. The summed E-state index contributed by atoms with van der Waals surface area (Å²) >= 11 is 0. The molecule has 0 saturated carbocycles. The van der Waals surface area contributed by atoms with Gasteiger partial charge in [-0.1, -0.05) is 121 Å². The van der Waals surface area contributed by atoms with Crippen molar-refractivity contribution >= 4 is 120 Å². The number of rotatable bonds is 5. The van der Waals surface area contributed by atoms with Gasteiger partial charge in [-0.05, 0) is 186 Å². The highest BCUT2D eigenvalue weighted by molar-refractivity contribution is 7.05. The van der Waals surface area contributed by atoms with Gasteiger partial charge in [-0.15, -0.1) is 0 Å². The van der Waals surface area contributed by atoms with E-state index in [2.05, 4.69) is 262 Å². The topological polar surface area (TPSA) is 46.6 Å². The first-order valence-corrected chi connectivity index (χ1v) is 28.5. The number of ether oxygens (including phenoxy) is 4. The second-order valence-electron chi connectivity index (χ2n) is 23.1. The summed E-state index contributed by atoms with van der Waals surface area (Å²) in [6, 6.07) is 75.0. The standard InChI is InChI=1S/C72H52B3N3O4/c1-41-31-42(2)34-47(33-41)76(48-35-43(3)32-44(4)36-48)49-37-56-66-57(38-49)78(55-26-14-8-20-46(55)6)59-40-65-70-72(82-63-30-18-12-24-53(63)74(70)51-22-10-16-28-61(51)80-65)68(59)75(66)67-58(77(56)54-25-13-7-19-45(54)5)39-64-69-71(67)81-62-29-17-11-23-52(62)73(69)50-21-9-15-27-60(50)79-64/h7-40H,1-6H3. The lowest BCUT2D eigenvalue weighted by Gasteiger charge is -2.48. The molecule has 0 radical (unpaired) electrons. The Morgan fingerprint density at radius 3 is 1.00 bits per heavy atom. The molecule has 0 amide bonds. The lowest BCUT2D eigenvalue weighted by molar-refractivity contribution is 0.466. The minimum absolute atomic E-state index is 0.157. The van der Waals surface area contributed by atoms with Crippen LogP contribution in [0.2, 0.25) is 0 Å². The summed E-state index contributed by atoms with van der Waals surface area (Å²) in [6.45, 7) is 12.5. The number of nitrogens with zero attached hydrogens (tertiary/aromatic N) is 3.